The van der Waals surface area contributed by atoms with E-state index >= 15 is 0 Å². The molecule has 1 heterocycles. The highest BCUT2D eigenvalue weighted by atomic mass is 16.7. The lowest BCUT2D eigenvalue weighted by Crippen LogP contribution is -2.60. The molecule has 440 valence electrons. The van der Waals surface area contributed by atoms with Crippen LogP contribution in [0.5, 0.6) is 0 Å². The Morgan fingerprint density at radius 1 is 0.446 bits per heavy atom. The molecule has 0 aromatic heterocycles. The molecule has 1 amide bonds. The summed E-state index contributed by atoms with van der Waals surface area (Å²) in [5.41, 5.74) is 0. The maximum Gasteiger partial charge on any atom is 0.220 e. The van der Waals surface area contributed by atoms with Crippen LogP contribution in [0.3, 0.4) is 0 Å². The maximum absolute atomic E-state index is 13.1. The molecule has 7 unspecified atom stereocenters. The molecule has 0 aromatic carbocycles. The van der Waals surface area contributed by atoms with Crippen molar-refractivity contribution in [1.29, 1.82) is 0 Å². The molecular formula is C65H127NO8. The third-order valence-electron chi connectivity index (χ3n) is 16.1. The molecule has 1 saturated heterocycles. The molecule has 1 rings (SSSR count). The summed E-state index contributed by atoms with van der Waals surface area (Å²) in [6, 6.07) is -0.718. The van der Waals surface area contributed by atoms with E-state index in [1.165, 1.54) is 276 Å². The standard InChI is InChI=1S/C65H127NO8/c1-3-5-7-9-11-13-15-17-19-21-23-25-27-28-29-30-31-33-34-36-38-40-42-44-46-48-50-52-54-59(68)58(57-73-65-64(72)63(71)62(70)60(56-67)74-65)66-61(69)55-53-51-49-47-45-43-41-39-37-35-32-26-24-22-20-18-16-14-12-10-8-6-4-2/h22,24,58-60,62-65,67-68,70-72H,3-21,23,25-57H2,1-2H3,(H,66,69)/b24-22-. The van der Waals surface area contributed by atoms with Crippen LogP contribution in [0.1, 0.15) is 341 Å². The first-order valence-corrected chi connectivity index (χ1v) is 32.9. The summed E-state index contributed by atoms with van der Waals surface area (Å²) in [4.78, 5) is 13.1. The molecule has 0 aliphatic carbocycles. The largest absolute Gasteiger partial charge is 0.394 e. The van der Waals surface area contributed by atoms with E-state index in [0.29, 0.717) is 12.8 Å². The summed E-state index contributed by atoms with van der Waals surface area (Å²) in [6.45, 7) is 3.89. The van der Waals surface area contributed by atoms with Gasteiger partial charge in [-0.25, -0.2) is 0 Å². The first kappa shape index (κ1) is 70.9. The normalized spacial score (nSPS) is 18.9. The van der Waals surface area contributed by atoms with Crippen molar-refractivity contribution in [3.8, 4) is 0 Å². The monoisotopic (exact) mass is 1050 g/mol. The van der Waals surface area contributed by atoms with Gasteiger partial charge >= 0.3 is 0 Å². The molecule has 0 bridgehead atoms. The summed E-state index contributed by atoms with van der Waals surface area (Å²) < 4.78 is 11.4. The lowest BCUT2D eigenvalue weighted by atomic mass is 9.99. The molecule has 0 radical (unpaired) electrons. The third-order valence-corrected chi connectivity index (χ3v) is 16.1. The number of nitrogens with one attached hydrogen (secondary N) is 1. The average molecular weight is 1050 g/mol. The molecule has 74 heavy (non-hydrogen) atoms. The number of aliphatic hydroxyl groups is 5. The Morgan fingerprint density at radius 3 is 1.09 bits per heavy atom. The smallest absolute Gasteiger partial charge is 0.220 e. The van der Waals surface area contributed by atoms with Gasteiger partial charge in [0.15, 0.2) is 6.29 Å². The predicted molar refractivity (Wildman–Crippen MR) is 314 cm³/mol. The molecule has 9 heteroatoms. The van der Waals surface area contributed by atoms with Crippen LogP contribution in [-0.2, 0) is 14.3 Å². The number of hydrogen-bond acceptors (Lipinski definition) is 8. The van der Waals surface area contributed by atoms with Crippen molar-refractivity contribution in [3.05, 3.63) is 12.2 Å². The van der Waals surface area contributed by atoms with Crippen molar-refractivity contribution in [2.45, 2.75) is 384 Å². The number of allylic oxidation sites excluding steroid dienone is 2. The number of ether oxygens (including phenoxy) is 2. The molecular weight excluding hydrogens is 923 g/mol. The van der Waals surface area contributed by atoms with Gasteiger partial charge in [-0.3, -0.25) is 4.79 Å². The number of unbranched alkanes of at least 4 members (excludes halogenated alkanes) is 46. The van der Waals surface area contributed by atoms with E-state index in [-0.39, 0.29) is 12.5 Å². The summed E-state index contributed by atoms with van der Waals surface area (Å²) in [5, 5.41) is 54.9. The second-order valence-corrected chi connectivity index (χ2v) is 23.3. The van der Waals surface area contributed by atoms with E-state index in [9.17, 15) is 30.3 Å². The van der Waals surface area contributed by atoms with Crippen LogP contribution in [0.25, 0.3) is 0 Å². The zero-order valence-electron chi connectivity index (χ0n) is 49.1. The molecule has 1 aliphatic heterocycles. The number of carbonyl (C=O) groups excluding carboxylic acids is 1. The first-order valence-electron chi connectivity index (χ1n) is 32.9. The topological polar surface area (TPSA) is 149 Å². The zero-order chi connectivity index (χ0) is 53.6. The van der Waals surface area contributed by atoms with E-state index in [2.05, 4.69) is 31.3 Å². The van der Waals surface area contributed by atoms with Crippen molar-refractivity contribution in [1.82, 2.24) is 5.32 Å². The van der Waals surface area contributed by atoms with Gasteiger partial charge in [-0.15, -0.1) is 0 Å². The minimum atomic E-state index is -1.55. The van der Waals surface area contributed by atoms with Gasteiger partial charge in [0.2, 0.25) is 5.91 Å². The van der Waals surface area contributed by atoms with Gasteiger partial charge in [0.25, 0.3) is 0 Å². The fraction of sp³-hybridized carbons (Fsp3) is 0.954. The van der Waals surface area contributed by atoms with E-state index in [0.717, 1.165) is 38.5 Å². The molecule has 1 aliphatic rings. The van der Waals surface area contributed by atoms with Gasteiger partial charge < -0.3 is 40.3 Å². The predicted octanol–water partition coefficient (Wildman–Crippen LogP) is 17.1. The van der Waals surface area contributed by atoms with Crippen LogP contribution in [-0.4, -0.2) is 87.5 Å². The zero-order valence-corrected chi connectivity index (χ0v) is 49.1. The fourth-order valence-corrected chi connectivity index (χ4v) is 10.9. The van der Waals surface area contributed by atoms with Gasteiger partial charge in [-0.1, -0.05) is 309 Å². The molecule has 0 spiro atoms. The first-order chi connectivity index (χ1) is 36.3. The van der Waals surface area contributed by atoms with Crippen LogP contribution in [0.15, 0.2) is 12.2 Å². The van der Waals surface area contributed by atoms with E-state index < -0.39 is 49.5 Å². The number of amides is 1. The van der Waals surface area contributed by atoms with Crippen LogP contribution in [0.4, 0.5) is 0 Å². The number of aliphatic hydroxyl groups excluding tert-OH is 5. The fourth-order valence-electron chi connectivity index (χ4n) is 10.9. The minimum Gasteiger partial charge on any atom is -0.394 e. The highest BCUT2D eigenvalue weighted by Crippen LogP contribution is 2.24. The van der Waals surface area contributed by atoms with Crippen molar-refractivity contribution in [2.75, 3.05) is 13.2 Å². The van der Waals surface area contributed by atoms with Gasteiger partial charge in [-0.2, -0.15) is 0 Å². The van der Waals surface area contributed by atoms with Crippen LogP contribution in [0.2, 0.25) is 0 Å². The Bertz CT molecular complexity index is 1170. The SMILES string of the molecule is CCCCCCCCCC/C=C\CCCCCCCCCCCCCC(=O)NC(COC1OC(CO)C(O)C(O)C1O)C(O)CCCCCCCCCCCCCCCCCCCCCCCCCCCCCC. The lowest BCUT2D eigenvalue weighted by molar-refractivity contribution is -0.302. The van der Waals surface area contributed by atoms with Crippen LogP contribution >= 0.6 is 0 Å². The van der Waals surface area contributed by atoms with Gasteiger partial charge in [0.05, 0.1) is 25.4 Å². The van der Waals surface area contributed by atoms with Crippen LogP contribution < -0.4 is 5.32 Å². The van der Waals surface area contributed by atoms with E-state index in [4.69, 9.17) is 9.47 Å². The number of hydrogen-bond donors (Lipinski definition) is 6. The maximum atomic E-state index is 13.1. The van der Waals surface area contributed by atoms with Crippen LogP contribution in [0, 0.1) is 0 Å². The third kappa shape index (κ3) is 43.9. The Labute approximate surface area is 458 Å². The molecule has 1 fully saturated rings. The Hall–Kier alpha value is -1.07. The summed E-state index contributed by atoms with van der Waals surface area (Å²) in [7, 11) is 0. The van der Waals surface area contributed by atoms with Crippen molar-refractivity contribution in [3.63, 3.8) is 0 Å². The van der Waals surface area contributed by atoms with E-state index in [1.54, 1.807) is 0 Å². The quantitative estimate of drug-likeness (QED) is 0.0261. The second-order valence-electron chi connectivity index (χ2n) is 23.3. The van der Waals surface area contributed by atoms with Crippen molar-refractivity contribution in [2.24, 2.45) is 0 Å². The Balaban J connectivity index is 2.13. The highest BCUT2D eigenvalue weighted by Gasteiger charge is 2.44. The van der Waals surface area contributed by atoms with Gasteiger partial charge in [-0.05, 0) is 38.5 Å². The second kappa shape index (κ2) is 55.3. The summed E-state index contributed by atoms with van der Waals surface area (Å²) in [5.74, 6) is -0.138. The molecule has 0 saturated carbocycles. The molecule has 7 atom stereocenters. The van der Waals surface area contributed by atoms with Crippen molar-refractivity contribution < 1.29 is 39.8 Å². The Kier molecular flexibility index (Phi) is 53.0. The minimum absolute atomic E-state index is 0.133. The number of carbonyl (C=O) groups is 1. The highest BCUT2D eigenvalue weighted by molar-refractivity contribution is 5.76. The molecule has 6 N–H and O–H groups in total. The summed E-state index contributed by atoms with van der Waals surface area (Å²) >= 11 is 0. The number of rotatable bonds is 58. The van der Waals surface area contributed by atoms with Gasteiger partial charge in [0.1, 0.15) is 24.4 Å². The molecule has 9 nitrogen and oxygen atoms in total. The summed E-state index contributed by atoms with van der Waals surface area (Å²) in [6.07, 6.45) is 62.6. The van der Waals surface area contributed by atoms with Gasteiger partial charge in [0, 0.05) is 6.42 Å². The molecule has 0 aromatic rings. The van der Waals surface area contributed by atoms with Crippen molar-refractivity contribution >= 4 is 5.91 Å². The Morgan fingerprint density at radius 2 is 0.757 bits per heavy atom. The lowest BCUT2D eigenvalue weighted by Gasteiger charge is -2.40. The average Bonchev–Trinajstić information content (AvgIpc) is 3.40. The van der Waals surface area contributed by atoms with E-state index in [1.807, 2.05) is 0 Å².